The number of benzene rings is 2. The first-order valence-corrected chi connectivity index (χ1v) is 11.3. The van der Waals surface area contributed by atoms with Gasteiger partial charge in [-0.2, -0.15) is 0 Å². The van der Waals surface area contributed by atoms with E-state index in [1.165, 1.54) is 17.3 Å². The van der Waals surface area contributed by atoms with E-state index in [1.807, 2.05) is 62.4 Å². The molecular weight excluding hydrogens is 418 g/mol. The SMILES string of the molecule is Cc1ccc(C)c(N2C(=O)C(=Cc3ccc(SCc4ccccc4)o3)SC2=S)c1. The third-order valence-electron chi connectivity index (χ3n) is 4.50. The molecule has 0 atom stereocenters. The zero-order valence-electron chi connectivity index (χ0n) is 16.0. The fraction of sp³-hybridized carbons (Fsp3) is 0.130. The lowest BCUT2D eigenvalue weighted by Gasteiger charge is -2.17. The van der Waals surface area contributed by atoms with Gasteiger partial charge in [0.25, 0.3) is 5.91 Å². The molecular formula is C23H19NO2S3. The molecule has 2 heterocycles. The van der Waals surface area contributed by atoms with Crippen molar-refractivity contribution in [1.29, 1.82) is 0 Å². The van der Waals surface area contributed by atoms with Gasteiger partial charge in [-0.1, -0.05) is 78.2 Å². The molecule has 1 fully saturated rings. The van der Waals surface area contributed by atoms with Crippen molar-refractivity contribution in [2.45, 2.75) is 24.7 Å². The summed E-state index contributed by atoms with van der Waals surface area (Å²) in [6.07, 6.45) is 1.77. The zero-order chi connectivity index (χ0) is 20.4. The number of hydrogen-bond donors (Lipinski definition) is 0. The Balaban J connectivity index is 1.50. The fourth-order valence-corrected chi connectivity index (χ4v) is 5.07. The summed E-state index contributed by atoms with van der Waals surface area (Å²) in [5.74, 6) is 1.38. The van der Waals surface area contributed by atoms with Gasteiger partial charge in [-0.25, -0.2) is 0 Å². The van der Waals surface area contributed by atoms with Gasteiger partial charge in [0.15, 0.2) is 9.41 Å². The summed E-state index contributed by atoms with van der Waals surface area (Å²) in [6.45, 7) is 3.99. The summed E-state index contributed by atoms with van der Waals surface area (Å²) in [6, 6.07) is 20.1. The number of furan rings is 1. The number of rotatable bonds is 5. The van der Waals surface area contributed by atoms with Crippen molar-refractivity contribution in [1.82, 2.24) is 0 Å². The second-order valence-electron chi connectivity index (χ2n) is 6.74. The van der Waals surface area contributed by atoms with Gasteiger partial charge in [0.05, 0.1) is 10.6 Å². The van der Waals surface area contributed by atoms with Gasteiger partial charge in [-0.05, 0) is 48.7 Å². The molecule has 0 unspecified atom stereocenters. The molecule has 29 heavy (non-hydrogen) atoms. The Labute approximate surface area is 184 Å². The standard InChI is InChI=1S/C23H19NO2S3/c1-15-8-9-16(2)19(12-15)24-22(25)20(29-23(24)27)13-18-10-11-21(26-18)28-14-17-6-4-3-5-7-17/h3-13H,14H2,1-2H3. The molecule has 0 N–H and O–H groups in total. The average molecular weight is 438 g/mol. The maximum atomic E-state index is 13.0. The Morgan fingerprint density at radius 1 is 1.10 bits per heavy atom. The minimum absolute atomic E-state index is 0.108. The quantitative estimate of drug-likeness (QED) is 0.255. The number of hydrogen-bond acceptors (Lipinski definition) is 5. The molecule has 1 amide bonds. The van der Waals surface area contributed by atoms with Gasteiger partial charge < -0.3 is 4.42 Å². The van der Waals surface area contributed by atoms with Crippen molar-refractivity contribution < 1.29 is 9.21 Å². The summed E-state index contributed by atoms with van der Waals surface area (Å²) < 4.78 is 6.44. The van der Waals surface area contributed by atoms with Crippen LogP contribution in [-0.2, 0) is 10.5 Å². The van der Waals surface area contributed by atoms with Crippen LogP contribution >= 0.6 is 35.7 Å². The van der Waals surface area contributed by atoms with Gasteiger partial charge in [0, 0.05) is 11.8 Å². The van der Waals surface area contributed by atoms with Crippen molar-refractivity contribution in [2.75, 3.05) is 4.90 Å². The molecule has 3 aromatic rings. The average Bonchev–Trinajstić information content (AvgIpc) is 3.27. The molecule has 6 heteroatoms. The Bertz CT molecular complexity index is 1100. The van der Waals surface area contributed by atoms with E-state index < -0.39 is 0 Å². The number of anilines is 1. The monoisotopic (exact) mass is 437 g/mol. The minimum atomic E-state index is -0.108. The third-order valence-corrected chi connectivity index (χ3v) is 6.78. The van der Waals surface area contributed by atoms with Crippen molar-refractivity contribution in [2.24, 2.45) is 0 Å². The zero-order valence-corrected chi connectivity index (χ0v) is 18.5. The first-order chi connectivity index (χ1) is 14.0. The first kappa shape index (κ1) is 20.0. The first-order valence-electron chi connectivity index (χ1n) is 9.13. The van der Waals surface area contributed by atoms with Crippen LogP contribution in [0.5, 0.6) is 0 Å². The van der Waals surface area contributed by atoms with E-state index in [-0.39, 0.29) is 5.91 Å². The highest BCUT2D eigenvalue weighted by atomic mass is 32.2. The van der Waals surface area contributed by atoms with Gasteiger partial charge in [-0.15, -0.1) is 0 Å². The number of carbonyl (C=O) groups excluding carboxylic acids is 1. The van der Waals surface area contributed by atoms with Gasteiger partial charge in [-0.3, -0.25) is 9.69 Å². The van der Waals surface area contributed by atoms with E-state index in [9.17, 15) is 4.79 Å². The predicted molar refractivity (Wildman–Crippen MR) is 126 cm³/mol. The predicted octanol–water partition coefficient (Wildman–Crippen LogP) is 6.59. The molecule has 1 aliphatic heterocycles. The fourth-order valence-electron chi connectivity index (χ4n) is 2.98. The smallest absolute Gasteiger partial charge is 0.270 e. The number of nitrogens with zero attached hydrogens (tertiary/aromatic N) is 1. The van der Waals surface area contributed by atoms with Crippen molar-refractivity contribution >= 4 is 57.7 Å². The topological polar surface area (TPSA) is 33.5 Å². The molecule has 4 rings (SSSR count). The maximum Gasteiger partial charge on any atom is 0.270 e. The molecule has 1 aromatic heterocycles. The number of thioether (sulfide) groups is 2. The van der Waals surface area contributed by atoms with Crippen LogP contribution in [0.3, 0.4) is 0 Å². The molecule has 2 aromatic carbocycles. The molecule has 1 aliphatic rings. The highest BCUT2D eigenvalue weighted by molar-refractivity contribution is 8.27. The van der Waals surface area contributed by atoms with Gasteiger partial charge in [0.2, 0.25) is 0 Å². The lowest BCUT2D eigenvalue weighted by molar-refractivity contribution is -0.113. The number of thiocarbonyl (C=S) groups is 1. The van der Waals surface area contributed by atoms with E-state index in [4.69, 9.17) is 16.6 Å². The summed E-state index contributed by atoms with van der Waals surface area (Å²) in [5, 5.41) is 0.824. The lowest BCUT2D eigenvalue weighted by atomic mass is 10.1. The highest BCUT2D eigenvalue weighted by Gasteiger charge is 2.34. The van der Waals surface area contributed by atoms with Crippen LogP contribution in [0.4, 0.5) is 5.69 Å². The van der Waals surface area contributed by atoms with Gasteiger partial charge in [0.1, 0.15) is 5.76 Å². The molecule has 0 aliphatic carbocycles. The molecule has 0 bridgehead atoms. The van der Waals surface area contributed by atoms with Crippen molar-refractivity contribution in [3.05, 3.63) is 88.0 Å². The van der Waals surface area contributed by atoms with Gasteiger partial charge >= 0.3 is 0 Å². The Hall–Kier alpha value is -2.28. The number of carbonyl (C=O) groups is 1. The van der Waals surface area contributed by atoms with Crippen LogP contribution in [0.25, 0.3) is 6.08 Å². The van der Waals surface area contributed by atoms with Crippen LogP contribution in [0.15, 0.2) is 75.1 Å². The summed E-state index contributed by atoms with van der Waals surface area (Å²) in [4.78, 5) is 15.2. The largest absolute Gasteiger partial charge is 0.450 e. The third kappa shape index (κ3) is 4.50. The van der Waals surface area contributed by atoms with Crippen LogP contribution in [0, 0.1) is 13.8 Å². The summed E-state index contributed by atoms with van der Waals surface area (Å²) in [7, 11) is 0. The van der Waals surface area contributed by atoms with Crippen LogP contribution < -0.4 is 4.90 Å². The summed E-state index contributed by atoms with van der Waals surface area (Å²) in [5.41, 5.74) is 4.19. The van der Waals surface area contributed by atoms with E-state index in [0.29, 0.717) is 15.0 Å². The molecule has 0 saturated carbocycles. The summed E-state index contributed by atoms with van der Waals surface area (Å²) >= 11 is 8.43. The van der Waals surface area contributed by atoms with E-state index >= 15 is 0 Å². The lowest BCUT2D eigenvalue weighted by Crippen LogP contribution is -2.28. The Kier molecular flexibility index (Phi) is 5.94. The maximum absolute atomic E-state index is 13.0. The Morgan fingerprint density at radius 2 is 1.90 bits per heavy atom. The number of amides is 1. The minimum Gasteiger partial charge on any atom is -0.450 e. The highest BCUT2D eigenvalue weighted by Crippen LogP contribution is 2.38. The Morgan fingerprint density at radius 3 is 2.69 bits per heavy atom. The number of aryl methyl sites for hydroxylation is 2. The van der Waals surface area contributed by atoms with Crippen LogP contribution in [0.1, 0.15) is 22.5 Å². The molecule has 0 spiro atoms. The van der Waals surface area contributed by atoms with E-state index in [2.05, 4.69) is 12.1 Å². The molecule has 146 valence electrons. The van der Waals surface area contributed by atoms with E-state index in [1.54, 1.807) is 22.7 Å². The van der Waals surface area contributed by atoms with Crippen LogP contribution in [0.2, 0.25) is 0 Å². The molecule has 1 saturated heterocycles. The van der Waals surface area contributed by atoms with Crippen molar-refractivity contribution in [3.63, 3.8) is 0 Å². The molecule has 3 nitrogen and oxygen atoms in total. The van der Waals surface area contributed by atoms with Crippen LogP contribution in [-0.4, -0.2) is 10.2 Å². The molecule has 0 radical (unpaired) electrons. The van der Waals surface area contributed by atoms with E-state index in [0.717, 1.165) is 27.7 Å². The second kappa shape index (κ2) is 8.61. The second-order valence-corrected chi connectivity index (χ2v) is 9.39. The van der Waals surface area contributed by atoms with Crippen molar-refractivity contribution in [3.8, 4) is 0 Å². The normalized spacial score (nSPS) is 15.5.